The van der Waals surface area contributed by atoms with Crippen LogP contribution in [0, 0.1) is 10.1 Å². The van der Waals surface area contributed by atoms with E-state index in [1.54, 1.807) is 0 Å². The second-order valence-corrected chi connectivity index (χ2v) is 3.94. The first kappa shape index (κ1) is 11.5. The first-order chi connectivity index (χ1) is 8.16. The zero-order chi connectivity index (χ0) is 12.3. The number of non-ortho nitro benzene ring substituents is 1. The van der Waals surface area contributed by atoms with Gasteiger partial charge in [-0.1, -0.05) is 0 Å². The Hall–Kier alpha value is -1.95. The minimum Gasteiger partial charge on any atom is -0.325 e. The molecular formula is C11H13N3O3. The molecule has 1 amide bonds. The van der Waals surface area contributed by atoms with Crippen molar-refractivity contribution in [3.05, 3.63) is 34.4 Å². The van der Waals surface area contributed by atoms with Crippen molar-refractivity contribution in [2.45, 2.75) is 18.9 Å². The fourth-order valence-electron chi connectivity index (χ4n) is 1.80. The maximum atomic E-state index is 11.7. The van der Waals surface area contributed by atoms with Crippen molar-refractivity contribution in [3.63, 3.8) is 0 Å². The molecule has 1 atom stereocenters. The van der Waals surface area contributed by atoms with Gasteiger partial charge in [-0.15, -0.1) is 0 Å². The standard InChI is InChI=1S/C11H13N3O3/c15-11(10-2-1-7-12-10)13-8-3-5-9(6-4-8)14(16)17/h3-6,10,12H,1-2,7H2,(H,13,15)/t10-/m1/s1. The molecule has 0 aliphatic carbocycles. The van der Waals surface area contributed by atoms with E-state index >= 15 is 0 Å². The number of hydrogen-bond donors (Lipinski definition) is 2. The summed E-state index contributed by atoms with van der Waals surface area (Å²) in [6.45, 7) is 0.859. The summed E-state index contributed by atoms with van der Waals surface area (Å²) in [6, 6.07) is 5.66. The maximum absolute atomic E-state index is 11.7. The second kappa shape index (κ2) is 4.92. The molecule has 90 valence electrons. The van der Waals surface area contributed by atoms with Crippen LogP contribution in [-0.4, -0.2) is 23.4 Å². The largest absolute Gasteiger partial charge is 0.325 e. The average Bonchev–Trinajstić information content (AvgIpc) is 2.83. The normalized spacial score (nSPS) is 18.9. The van der Waals surface area contributed by atoms with Crippen molar-refractivity contribution in [1.82, 2.24) is 5.32 Å². The minimum atomic E-state index is -0.468. The maximum Gasteiger partial charge on any atom is 0.269 e. The molecule has 1 aliphatic heterocycles. The molecular weight excluding hydrogens is 222 g/mol. The lowest BCUT2D eigenvalue weighted by molar-refractivity contribution is -0.384. The summed E-state index contributed by atoms with van der Waals surface area (Å²) >= 11 is 0. The van der Waals surface area contributed by atoms with Crippen LogP contribution in [0.1, 0.15) is 12.8 Å². The molecule has 17 heavy (non-hydrogen) atoms. The molecule has 2 rings (SSSR count). The predicted molar refractivity (Wildman–Crippen MR) is 62.8 cm³/mol. The van der Waals surface area contributed by atoms with Crippen LogP contribution in [0.4, 0.5) is 11.4 Å². The van der Waals surface area contributed by atoms with Crippen LogP contribution in [0.25, 0.3) is 0 Å². The third kappa shape index (κ3) is 2.79. The van der Waals surface area contributed by atoms with E-state index in [0.717, 1.165) is 19.4 Å². The van der Waals surface area contributed by atoms with Crippen LogP contribution in [0.15, 0.2) is 24.3 Å². The molecule has 1 saturated heterocycles. The van der Waals surface area contributed by atoms with E-state index in [2.05, 4.69) is 10.6 Å². The van der Waals surface area contributed by atoms with Gasteiger partial charge in [-0.2, -0.15) is 0 Å². The summed E-state index contributed by atoms with van der Waals surface area (Å²) in [6.07, 6.45) is 1.83. The van der Waals surface area contributed by atoms with Gasteiger partial charge < -0.3 is 10.6 Å². The van der Waals surface area contributed by atoms with Gasteiger partial charge in [0.25, 0.3) is 5.69 Å². The Morgan fingerprint density at radius 3 is 2.65 bits per heavy atom. The van der Waals surface area contributed by atoms with E-state index in [-0.39, 0.29) is 17.6 Å². The molecule has 2 N–H and O–H groups in total. The lowest BCUT2D eigenvalue weighted by Crippen LogP contribution is -2.35. The zero-order valence-corrected chi connectivity index (χ0v) is 9.18. The van der Waals surface area contributed by atoms with Gasteiger partial charge in [0.15, 0.2) is 0 Å². The number of nitro benzene ring substituents is 1. The van der Waals surface area contributed by atoms with Crippen molar-refractivity contribution in [2.75, 3.05) is 11.9 Å². The highest BCUT2D eigenvalue weighted by Crippen LogP contribution is 2.16. The van der Waals surface area contributed by atoms with E-state index in [0.29, 0.717) is 5.69 Å². The van der Waals surface area contributed by atoms with Crippen LogP contribution in [0.3, 0.4) is 0 Å². The van der Waals surface area contributed by atoms with Crippen LogP contribution in [0.2, 0.25) is 0 Å². The van der Waals surface area contributed by atoms with Crippen molar-refractivity contribution < 1.29 is 9.72 Å². The molecule has 1 aromatic carbocycles. The minimum absolute atomic E-state index is 0.0157. The third-order valence-corrected chi connectivity index (χ3v) is 2.72. The Kier molecular flexibility index (Phi) is 3.34. The van der Waals surface area contributed by atoms with Crippen molar-refractivity contribution in [3.8, 4) is 0 Å². The van der Waals surface area contributed by atoms with Crippen molar-refractivity contribution in [2.24, 2.45) is 0 Å². The number of anilines is 1. The SMILES string of the molecule is O=C(Nc1ccc([N+](=O)[O-])cc1)[C@H]1CCCN1. The Morgan fingerprint density at radius 1 is 1.41 bits per heavy atom. The van der Waals surface area contributed by atoms with Gasteiger partial charge in [-0.05, 0) is 31.5 Å². The highest BCUT2D eigenvalue weighted by Gasteiger charge is 2.21. The number of nitro groups is 1. The third-order valence-electron chi connectivity index (χ3n) is 2.72. The Morgan fingerprint density at radius 2 is 2.12 bits per heavy atom. The summed E-state index contributed by atoms with van der Waals surface area (Å²) in [5, 5.41) is 16.3. The second-order valence-electron chi connectivity index (χ2n) is 3.94. The molecule has 0 unspecified atom stereocenters. The molecule has 0 bridgehead atoms. The summed E-state index contributed by atoms with van der Waals surface area (Å²) < 4.78 is 0. The number of rotatable bonds is 3. The summed E-state index contributed by atoms with van der Waals surface area (Å²) in [7, 11) is 0. The smallest absolute Gasteiger partial charge is 0.269 e. The number of carbonyl (C=O) groups excluding carboxylic acids is 1. The summed E-state index contributed by atoms with van der Waals surface area (Å²) in [5.41, 5.74) is 0.594. The Labute approximate surface area is 98.2 Å². The molecule has 1 aliphatic rings. The monoisotopic (exact) mass is 235 g/mol. The van der Waals surface area contributed by atoms with Gasteiger partial charge in [0.1, 0.15) is 0 Å². The highest BCUT2D eigenvalue weighted by atomic mass is 16.6. The number of nitrogens with one attached hydrogen (secondary N) is 2. The topological polar surface area (TPSA) is 84.3 Å². The first-order valence-electron chi connectivity index (χ1n) is 5.45. The van der Waals surface area contributed by atoms with Crippen LogP contribution < -0.4 is 10.6 Å². The molecule has 0 saturated carbocycles. The molecule has 6 nitrogen and oxygen atoms in total. The average molecular weight is 235 g/mol. The molecule has 1 fully saturated rings. The van der Waals surface area contributed by atoms with Crippen molar-refractivity contribution in [1.29, 1.82) is 0 Å². The van der Waals surface area contributed by atoms with Gasteiger partial charge in [0.2, 0.25) is 5.91 Å². The summed E-state index contributed by atoms with van der Waals surface area (Å²) in [4.78, 5) is 21.7. The fraction of sp³-hybridized carbons (Fsp3) is 0.364. The van der Waals surface area contributed by atoms with E-state index in [1.165, 1.54) is 24.3 Å². The molecule has 0 spiro atoms. The van der Waals surface area contributed by atoms with Gasteiger partial charge in [-0.3, -0.25) is 14.9 Å². The van der Waals surface area contributed by atoms with Gasteiger partial charge >= 0.3 is 0 Å². The number of amides is 1. The predicted octanol–water partition coefficient (Wildman–Crippen LogP) is 1.29. The first-order valence-corrected chi connectivity index (χ1v) is 5.45. The van der Waals surface area contributed by atoms with Crippen molar-refractivity contribution >= 4 is 17.3 Å². The summed E-state index contributed by atoms with van der Waals surface area (Å²) in [5.74, 6) is -0.0867. The van der Waals surface area contributed by atoms with Crippen LogP contribution >= 0.6 is 0 Å². The van der Waals surface area contributed by atoms with E-state index in [9.17, 15) is 14.9 Å². The number of benzene rings is 1. The zero-order valence-electron chi connectivity index (χ0n) is 9.18. The number of nitrogens with zero attached hydrogens (tertiary/aromatic N) is 1. The highest BCUT2D eigenvalue weighted by molar-refractivity contribution is 5.95. The number of hydrogen-bond acceptors (Lipinski definition) is 4. The Bertz CT molecular complexity index is 424. The molecule has 1 aromatic rings. The van der Waals surface area contributed by atoms with Gasteiger partial charge in [-0.25, -0.2) is 0 Å². The fourth-order valence-corrected chi connectivity index (χ4v) is 1.80. The lowest BCUT2D eigenvalue weighted by atomic mass is 10.2. The molecule has 0 aromatic heterocycles. The van der Waals surface area contributed by atoms with E-state index in [4.69, 9.17) is 0 Å². The van der Waals surface area contributed by atoms with Crippen LogP contribution in [0.5, 0.6) is 0 Å². The quantitative estimate of drug-likeness (QED) is 0.610. The Balaban J connectivity index is 1.98. The molecule has 0 radical (unpaired) electrons. The number of carbonyl (C=O) groups is 1. The molecule has 1 heterocycles. The van der Waals surface area contributed by atoms with Crippen LogP contribution in [-0.2, 0) is 4.79 Å². The van der Waals surface area contributed by atoms with E-state index < -0.39 is 4.92 Å². The van der Waals surface area contributed by atoms with E-state index in [1.807, 2.05) is 0 Å². The van der Waals surface area contributed by atoms with Gasteiger partial charge in [0.05, 0.1) is 11.0 Å². The molecule has 6 heteroatoms. The lowest BCUT2D eigenvalue weighted by Gasteiger charge is -2.10. The van der Waals surface area contributed by atoms with Gasteiger partial charge in [0, 0.05) is 17.8 Å².